The van der Waals surface area contributed by atoms with E-state index in [0.29, 0.717) is 24.2 Å². The van der Waals surface area contributed by atoms with E-state index >= 15 is 0 Å². The van der Waals surface area contributed by atoms with Gasteiger partial charge in [-0.3, -0.25) is 9.58 Å². The third-order valence-electron chi connectivity index (χ3n) is 4.36. The van der Waals surface area contributed by atoms with E-state index in [1.807, 2.05) is 10.9 Å². The first-order valence-electron chi connectivity index (χ1n) is 8.10. The normalized spacial score (nSPS) is 23.4. The Hall–Kier alpha value is -0.910. The van der Waals surface area contributed by atoms with Crippen molar-refractivity contribution in [2.75, 3.05) is 26.3 Å². The maximum Gasteiger partial charge on any atom is 0.0619 e. The fourth-order valence-corrected chi connectivity index (χ4v) is 2.84. The highest BCUT2D eigenvalue weighted by Crippen LogP contribution is 2.15. The van der Waals surface area contributed by atoms with Gasteiger partial charge in [0, 0.05) is 49.0 Å². The molecule has 1 N–H and O–H groups in total. The van der Waals surface area contributed by atoms with Gasteiger partial charge in [0.2, 0.25) is 0 Å². The molecule has 5 heteroatoms. The Labute approximate surface area is 128 Å². The number of morpholine rings is 1. The fourth-order valence-electron chi connectivity index (χ4n) is 2.84. The van der Waals surface area contributed by atoms with Crippen molar-refractivity contribution in [2.24, 2.45) is 0 Å². The Balaban J connectivity index is 1.83. The molecule has 5 nitrogen and oxygen atoms in total. The van der Waals surface area contributed by atoms with Gasteiger partial charge in [-0.2, -0.15) is 5.10 Å². The van der Waals surface area contributed by atoms with Gasteiger partial charge >= 0.3 is 0 Å². The predicted molar refractivity (Wildman–Crippen MR) is 85.5 cm³/mol. The smallest absolute Gasteiger partial charge is 0.0619 e. The summed E-state index contributed by atoms with van der Waals surface area (Å²) in [6.07, 6.45) is 4.12. The van der Waals surface area contributed by atoms with Gasteiger partial charge in [0.25, 0.3) is 0 Å². The molecule has 0 aliphatic carbocycles. The molecular weight excluding hydrogens is 264 g/mol. The second kappa shape index (κ2) is 7.38. The van der Waals surface area contributed by atoms with Crippen LogP contribution in [0.4, 0.5) is 0 Å². The molecule has 0 aromatic carbocycles. The lowest BCUT2D eigenvalue weighted by Crippen LogP contribution is -2.51. The van der Waals surface area contributed by atoms with Crippen LogP contribution >= 0.6 is 0 Å². The van der Waals surface area contributed by atoms with Crippen molar-refractivity contribution in [3.63, 3.8) is 0 Å². The SMILES string of the molecule is CC(C)n1cc([C@H](C)NC[C@@H](C)N2CCOC[C@H]2C)cn1. The highest BCUT2D eigenvalue weighted by Gasteiger charge is 2.23. The number of hydrogen-bond donors (Lipinski definition) is 1. The van der Waals surface area contributed by atoms with Crippen LogP contribution in [0.5, 0.6) is 0 Å². The average molecular weight is 294 g/mol. The van der Waals surface area contributed by atoms with Crippen LogP contribution in [0.25, 0.3) is 0 Å². The summed E-state index contributed by atoms with van der Waals surface area (Å²) in [5, 5.41) is 8.05. The Morgan fingerprint density at radius 1 is 1.38 bits per heavy atom. The van der Waals surface area contributed by atoms with E-state index in [-0.39, 0.29) is 0 Å². The minimum Gasteiger partial charge on any atom is -0.379 e. The topological polar surface area (TPSA) is 42.3 Å². The second-order valence-electron chi connectivity index (χ2n) is 6.49. The minimum atomic E-state index is 0.330. The molecule has 120 valence electrons. The molecule has 0 radical (unpaired) electrons. The molecule has 1 aromatic rings. The fraction of sp³-hybridized carbons (Fsp3) is 0.812. The van der Waals surface area contributed by atoms with Gasteiger partial charge < -0.3 is 10.1 Å². The zero-order chi connectivity index (χ0) is 15.4. The summed E-state index contributed by atoms with van der Waals surface area (Å²) in [6.45, 7) is 14.8. The van der Waals surface area contributed by atoms with Gasteiger partial charge in [-0.1, -0.05) is 0 Å². The van der Waals surface area contributed by atoms with E-state index in [9.17, 15) is 0 Å². The number of nitrogens with zero attached hydrogens (tertiary/aromatic N) is 3. The maximum atomic E-state index is 5.51. The van der Waals surface area contributed by atoms with Crippen molar-refractivity contribution in [2.45, 2.75) is 58.8 Å². The van der Waals surface area contributed by atoms with Crippen LogP contribution in [0, 0.1) is 0 Å². The van der Waals surface area contributed by atoms with Gasteiger partial charge in [0.15, 0.2) is 0 Å². The third kappa shape index (κ3) is 4.28. The minimum absolute atomic E-state index is 0.330. The molecule has 1 saturated heterocycles. The van der Waals surface area contributed by atoms with Crippen LogP contribution in [0.3, 0.4) is 0 Å². The first-order valence-corrected chi connectivity index (χ1v) is 8.10. The Bertz CT molecular complexity index is 432. The highest BCUT2D eigenvalue weighted by atomic mass is 16.5. The van der Waals surface area contributed by atoms with Gasteiger partial charge in [0.05, 0.1) is 19.4 Å². The zero-order valence-corrected chi connectivity index (χ0v) is 14.0. The molecule has 0 spiro atoms. The van der Waals surface area contributed by atoms with E-state index in [0.717, 1.165) is 26.3 Å². The van der Waals surface area contributed by atoms with Crippen LogP contribution in [0.2, 0.25) is 0 Å². The first kappa shape index (κ1) is 16.5. The van der Waals surface area contributed by atoms with E-state index in [1.165, 1.54) is 5.56 Å². The lowest BCUT2D eigenvalue weighted by molar-refractivity contribution is -0.0184. The van der Waals surface area contributed by atoms with Crippen molar-refractivity contribution in [3.05, 3.63) is 18.0 Å². The number of rotatable bonds is 6. The quantitative estimate of drug-likeness (QED) is 0.873. The van der Waals surface area contributed by atoms with E-state index in [1.54, 1.807) is 0 Å². The van der Waals surface area contributed by atoms with Gasteiger partial charge in [-0.25, -0.2) is 0 Å². The average Bonchev–Trinajstić information content (AvgIpc) is 2.95. The maximum absolute atomic E-state index is 5.51. The molecule has 2 heterocycles. The van der Waals surface area contributed by atoms with E-state index in [4.69, 9.17) is 4.74 Å². The molecule has 0 amide bonds. The molecule has 2 rings (SSSR count). The van der Waals surface area contributed by atoms with Gasteiger partial charge in [0.1, 0.15) is 0 Å². The summed E-state index contributed by atoms with van der Waals surface area (Å²) in [7, 11) is 0. The number of aromatic nitrogens is 2. The largest absolute Gasteiger partial charge is 0.379 e. The summed E-state index contributed by atoms with van der Waals surface area (Å²) in [4.78, 5) is 2.53. The predicted octanol–water partition coefficient (Wildman–Crippen LogP) is 2.22. The summed E-state index contributed by atoms with van der Waals surface area (Å²) < 4.78 is 7.52. The highest BCUT2D eigenvalue weighted by molar-refractivity contribution is 5.09. The van der Waals surface area contributed by atoms with Crippen molar-refractivity contribution in [1.29, 1.82) is 0 Å². The Morgan fingerprint density at radius 3 is 2.76 bits per heavy atom. The van der Waals surface area contributed by atoms with Gasteiger partial charge in [-0.15, -0.1) is 0 Å². The van der Waals surface area contributed by atoms with Crippen molar-refractivity contribution >= 4 is 0 Å². The molecule has 0 saturated carbocycles. The summed E-state index contributed by atoms with van der Waals surface area (Å²) in [5.41, 5.74) is 1.26. The Morgan fingerprint density at radius 2 is 2.14 bits per heavy atom. The van der Waals surface area contributed by atoms with Crippen molar-refractivity contribution in [1.82, 2.24) is 20.0 Å². The number of hydrogen-bond acceptors (Lipinski definition) is 4. The summed E-state index contributed by atoms with van der Waals surface area (Å²) in [5.74, 6) is 0. The van der Waals surface area contributed by atoms with Gasteiger partial charge in [-0.05, 0) is 34.6 Å². The van der Waals surface area contributed by atoms with E-state index < -0.39 is 0 Å². The zero-order valence-electron chi connectivity index (χ0n) is 14.0. The molecule has 21 heavy (non-hydrogen) atoms. The van der Waals surface area contributed by atoms with Crippen LogP contribution < -0.4 is 5.32 Å². The Kier molecular flexibility index (Phi) is 5.79. The summed E-state index contributed by atoms with van der Waals surface area (Å²) >= 11 is 0. The molecule has 1 aliphatic rings. The second-order valence-corrected chi connectivity index (χ2v) is 6.49. The van der Waals surface area contributed by atoms with Crippen LogP contribution in [-0.4, -0.2) is 53.1 Å². The standard InChI is InChI=1S/C16H30N4O/c1-12(2)20-10-16(9-18-20)15(5)17-8-13(3)19-6-7-21-11-14(19)4/h9-10,12-15,17H,6-8,11H2,1-5H3/t13-,14-,15+/m1/s1. The van der Waals surface area contributed by atoms with Crippen molar-refractivity contribution in [3.8, 4) is 0 Å². The molecule has 1 aromatic heterocycles. The monoisotopic (exact) mass is 294 g/mol. The van der Waals surface area contributed by atoms with E-state index in [2.05, 4.69) is 56.1 Å². The van der Waals surface area contributed by atoms with Crippen LogP contribution in [0.15, 0.2) is 12.4 Å². The van der Waals surface area contributed by atoms with Crippen LogP contribution in [-0.2, 0) is 4.74 Å². The first-order chi connectivity index (χ1) is 9.99. The molecular formula is C16H30N4O. The molecule has 1 aliphatic heterocycles. The number of nitrogens with one attached hydrogen (secondary N) is 1. The van der Waals surface area contributed by atoms with Crippen LogP contribution in [0.1, 0.15) is 52.3 Å². The molecule has 0 bridgehead atoms. The summed E-state index contributed by atoms with van der Waals surface area (Å²) in [6, 6.07) is 1.77. The lowest BCUT2D eigenvalue weighted by atomic mass is 10.1. The van der Waals surface area contributed by atoms with Crippen molar-refractivity contribution < 1.29 is 4.74 Å². The lowest BCUT2D eigenvalue weighted by Gasteiger charge is -2.38. The molecule has 3 atom stereocenters. The molecule has 0 unspecified atom stereocenters. The number of ether oxygens (including phenoxy) is 1. The molecule has 1 fully saturated rings. The third-order valence-corrected chi connectivity index (χ3v) is 4.36.